The molecule has 2 aliphatic rings. The van der Waals surface area contributed by atoms with Crippen LogP contribution in [0.2, 0.25) is 0 Å². The van der Waals surface area contributed by atoms with Gasteiger partial charge < -0.3 is 9.64 Å². The van der Waals surface area contributed by atoms with E-state index in [-0.39, 0.29) is 6.09 Å². The number of carbonyl (C=O) groups excluding carboxylic acids is 1. The van der Waals surface area contributed by atoms with Gasteiger partial charge in [-0.15, -0.1) is 0 Å². The lowest BCUT2D eigenvalue weighted by Crippen LogP contribution is -2.48. The van der Waals surface area contributed by atoms with E-state index in [4.69, 9.17) is 4.74 Å². The minimum atomic E-state index is -0.163. The molecule has 0 N–H and O–H groups in total. The molecule has 0 unspecified atom stereocenters. The number of rotatable bonds is 5. The second-order valence-electron chi connectivity index (χ2n) is 6.25. The van der Waals surface area contributed by atoms with Crippen LogP contribution in [0.15, 0.2) is 24.3 Å². The summed E-state index contributed by atoms with van der Waals surface area (Å²) in [7, 11) is 0. The maximum Gasteiger partial charge on any atom is 0.409 e. The molecule has 1 amide bonds. The van der Waals surface area contributed by atoms with Crippen LogP contribution in [-0.4, -0.2) is 54.7 Å². The highest BCUT2D eigenvalue weighted by Gasteiger charge is 2.28. The lowest BCUT2D eigenvalue weighted by atomic mass is 9.97. The minimum Gasteiger partial charge on any atom is -0.450 e. The summed E-state index contributed by atoms with van der Waals surface area (Å²) in [5.41, 5.74) is 1.44. The van der Waals surface area contributed by atoms with E-state index in [0.717, 1.165) is 39.0 Å². The maximum atomic E-state index is 12.0. The van der Waals surface area contributed by atoms with Crippen molar-refractivity contribution in [2.45, 2.75) is 32.7 Å². The zero-order valence-corrected chi connectivity index (χ0v) is 14.1. The van der Waals surface area contributed by atoms with Crippen LogP contribution < -0.4 is 10.4 Å². The first-order chi connectivity index (χ1) is 11.2. The van der Waals surface area contributed by atoms with Crippen LogP contribution in [0.4, 0.5) is 4.79 Å². The zero-order chi connectivity index (χ0) is 16.2. The Hall–Kier alpha value is -1.81. The zero-order valence-electron chi connectivity index (χ0n) is 14.1. The third-order valence-electron chi connectivity index (χ3n) is 4.87. The van der Waals surface area contributed by atoms with Crippen LogP contribution in [0, 0.1) is 0 Å². The summed E-state index contributed by atoms with van der Waals surface area (Å²) in [6.45, 7) is 8.16. The molecular formula is C19H26N2O2. The number of carbonyl (C=O) groups is 1. The van der Waals surface area contributed by atoms with Gasteiger partial charge in [-0.3, -0.25) is 4.90 Å². The van der Waals surface area contributed by atoms with E-state index in [0.29, 0.717) is 12.6 Å². The Bertz CT molecular complexity index is 675. The molecule has 0 atom stereocenters. The molecule has 0 saturated carbocycles. The molecule has 1 heterocycles. The van der Waals surface area contributed by atoms with Gasteiger partial charge >= 0.3 is 6.09 Å². The summed E-state index contributed by atoms with van der Waals surface area (Å²) in [5, 5.41) is 2.76. The van der Waals surface area contributed by atoms with Gasteiger partial charge in [-0.2, -0.15) is 0 Å². The third-order valence-corrected chi connectivity index (χ3v) is 4.87. The van der Waals surface area contributed by atoms with Gasteiger partial charge in [-0.25, -0.2) is 4.79 Å². The monoisotopic (exact) mass is 314 g/mol. The molecule has 1 aromatic rings. The molecule has 1 aromatic carbocycles. The highest BCUT2D eigenvalue weighted by molar-refractivity contribution is 5.83. The predicted molar refractivity (Wildman–Crippen MR) is 92.4 cm³/mol. The summed E-state index contributed by atoms with van der Waals surface area (Å²) in [4.78, 5) is 16.4. The number of fused-ring (bicyclic) bond motifs is 1. The largest absolute Gasteiger partial charge is 0.450 e. The average Bonchev–Trinajstić information content (AvgIpc) is 2.55. The molecule has 23 heavy (non-hydrogen) atoms. The van der Waals surface area contributed by atoms with Gasteiger partial charge in [0.2, 0.25) is 0 Å². The second-order valence-corrected chi connectivity index (χ2v) is 6.25. The van der Waals surface area contributed by atoms with Crippen molar-refractivity contribution in [2.75, 3.05) is 32.8 Å². The van der Waals surface area contributed by atoms with Crippen LogP contribution in [0.5, 0.6) is 0 Å². The lowest BCUT2D eigenvalue weighted by Gasteiger charge is -2.38. The fraction of sp³-hybridized carbons (Fsp3) is 0.526. The van der Waals surface area contributed by atoms with E-state index in [1.807, 2.05) is 18.7 Å². The van der Waals surface area contributed by atoms with Crippen LogP contribution in [0.25, 0.3) is 11.6 Å². The van der Waals surface area contributed by atoms with Crippen LogP contribution in [0.1, 0.15) is 26.7 Å². The van der Waals surface area contributed by atoms with Crippen LogP contribution in [-0.2, 0) is 4.74 Å². The summed E-state index contributed by atoms with van der Waals surface area (Å²) in [6.07, 6.45) is 4.19. The van der Waals surface area contributed by atoms with Crippen molar-refractivity contribution in [3.05, 3.63) is 34.7 Å². The normalized spacial score (nSPS) is 17.9. The number of benzene rings is 1. The molecule has 0 spiro atoms. The molecule has 1 aliphatic heterocycles. The number of piperidine rings is 1. The first kappa shape index (κ1) is 16.1. The second kappa shape index (κ2) is 7.18. The Balaban J connectivity index is 1.54. The van der Waals surface area contributed by atoms with Crippen molar-refractivity contribution in [1.82, 2.24) is 9.80 Å². The highest BCUT2D eigenvalue weighted by Crippen LogP contribution is 2.19. The van der Waals surface area contributed by atoms with Crippen molar-refractivity contribution < 1.29 is 9.53 Å². The first-order valence-corrected chi connectivity index (χ1v) is 8.68. The molecular weight excluding hydrogens is 288 g/mol. The summed E-state index contributed by atoms with van der Waals surface area (Å²) in [5.74, 6) is 0. The average molecular weight is 314 g/mol. The van der Waals surface area contributed by atoms with Crippen LogP contribution in [0.3, 0.4) is 0 Å². The topological polar surface area (TPSA) is 32.8 Å². The molecule has 0 aromatic heterocycles. The number of hydrogen-bond acceptors (Lipinski definition) is 3. The standard InChI is InChI=1S/C19H26N2O2/c1-3-21(19(22)23-4-2)17-9-11-20(12-10-17)14-16-13-15-7-5-6-8-18(15)16/h5-8,13,17H,3-4,9-12,14H2,1-2H3. The summed E-state index contributed by atoms with van der Waals surface area (Å²) in [6, 6.07) is 8.89. The predicted octanol–water partition coefficient (Wildman–Crippen LogP) is 1.57. The minimum absolute atomic E-state index is 0.163. The Morgan fingerprint density at radius 1 is 1.26 bits per heavy atom. The molecule has 0 bridgehead atoms. The Kier molecular flexibility index (Phi) is 5.01. The van der Waals surface area contributed by atoms with Crippen molar-refractivity contribution >= 4 is 17.7 Å². The highest BCUT2D eigenvalue weighted by atomic mass is 16.6. The molecule has 0 radical (unpaired) electrons. The summed E-state index contributed by atoms with van der Waals surface area (Å²) >= 11 is 0. The molecule has 124 valence electrons. The number of hydrogen-bond donors (Lipinski definition) is 0. The third kappa shape index (κ3) is 3.42. The summed E-state index contributed by atoms with van der Waals surface area (Å²) < 4.78 is 5.17. The Labute approximate surface area is 138 Å². The lowest BCUT2D eigenvalue weighted by molar-refractivity contribution is 0.0727. The Morgan fingerprint density at radius 2 is 2.00 bits per heavy atom. The van der Waals surface area contributed by atoms with Gasteiger partial charge in [0.1, 0.15) is 0 Å². The SMILES string of the molecule is CCOC(=O)N(CC)C1CCN(CC2=c3ccccc3=C2)CC1. The number of amides is 1. The number of nitrogens with zero attached hydrogens (tertiary/aromatic N) is 2. The van der Waals surface area contributed by atoms with Crippen LogP contribution >= 0.6 is 0 Å². The van der Waals surface area contributed by atoms with Crippen molar-refractivity contribution in [2.24, 2.45) is 0 Å². The Morgan fingerprint density at radius 3 is 2.65 bits per heavy atom. The van der Waals surface area contributed by atoms with Crippen molar-refractivity contribution in [1.29, 1.82) is 0 Å². The molecule has 4 heteroatoms. The van der Waals surface area contributed by atoms with E-state index in [9.17, 15) is 4.79 Å². The van der Waals surface area contributed by atoms with Crippen molar-refractivity contribution in [3.8, 4) is 0 Å². The molecule has 3 rings (SSSR count). The van der Waals surface area contributed by atoms with Gasteiger partial charge in [0.15, 0.2) is 0 Å². The quantitative estimate of drug-likeness (QED) is 0.827. The fourth-order valence-electron chi connectivity index (χ4n) is 3.61. The number of ether oxygens (including phenoxy) is 1. The van der Waals surface area contributed by atoms with Gasteiger partial charge in [-0.1, -0.05) is 24.3 Å². The van der Waals surface area contributed by atoms with Gasteiger partial charge in [0.05, 0.1) is 6.61 Å². The van der Waals surface area contributed by atoms with E-state index < -0.39 is 0 Å². The van der Waals surface area contributed by atoms with Gasteiger partial charge in [0.25, 0.3) is 0 Å². The molecule has 1 aliphatic carbocycles. The number of likely N-dealkylation sites (tertiary alicyclic amines) is 1. The van der Waals surface area contributed by atoms with Gasteiger partial charge in [0, 0.05) is 32.2 Å². The van der Waals surface area contributed by atoms with E-state index in [1.165, 1.54) is 16.0 Å². The van der Waals surface area contributed by atoms with Gasteiger partial charge in [-0.05, 0) is 48.8 Å². The maximum absolute atomic E-state index is 12.0. The molecule has 4 nitrogen and oxygen atoms in total. The molecule has 1 fully saturated rings. The van der Waals surface area contributed by atoms with E-state index >= 15 is 0 Å². The smallest absolute Gasteiger partial charge is 0.409 e. The van der Waals surface area contributed by atoms with E-state index in [2.05, 4.69) is 35.2 Å². The van der Waals surface area contributed by atoms with E-state index in [1.54, 1.807) is 0 Å². The fourth-order valence-corrected chi connectivity index (χ4v) is 3.61. The van der Waals surface area contributed by atoms with Crippen molar-refractivity contribution in [3.63, 3.8) is 0 Å². The molecule has 1 saturated heterocycles. The first-order valence-electron chi connectivity index (χ1n) is 8.68.